The topological polar surface area (TPSA) is 151 Å². The maximum absolute atomic E-state index is 13.1. The van der Waals surface area contributed by atoms with Gasteiger partial charge >= 0.3 is 0 Å². The number of carbonyl (C=O) groups is 2. The third-order valence-corrected chi connectivity index (χ3v) is 11.4. The van der Waals surface area contributed by atoms with Crippen LogP contribution in [-0.4, -0.2) is 87.9 Å². The number of nitrogens with one attached hydrogen (secondary N) is 2. The van der Waals surface area contributed by atoms with E-state index in [1.807, 2.05) is 27.7 Å². The summed E-state index contributed by atoms with van der Waals surface area (Å²) >= 11 is 0. The maximum Gasteiger partial charge on any atom is 0.255 e. The van der Waals surface area contributed by atoms with Gasteiger partial charge in [0.1, 0.15) is 0 Å². The SMILES string of the molecule is C[C@@H]1CN(S(=O)(=O)c2ccc(C(=O)Nc3cccc(NC(=O)c4ccc(S(=O)(=O)N5C[C@@H](C)O[C@@H](C)C5)cc4)c3)cc2)C[C@H](C)O1. The van der Waals surface area contributed by atoms with E-state index in [9.17, 15) is 26.4 Å². The molecule has 14 heteroatoms. The molecule has 2 aliphatic heterocycles. The Morgan fingerprint density at radius 1 is 0.587 bits per heavy atom. The van der Waals surface area contributed by atoms with Gasteiger partial charge in [0.15, 0.2) is 0 Å². The molecule has 0 spiro atoms. The summed E-state index contributed by atoms with van der Waals surface area (Å²) in [5.74, 6) is -0.913. The number of benzene rings is 3. The van der Waals surface area contributed by atoms with Crippen molar-refractivity contribution in [2.75, 3.05) is 36.8 Å². The molecule has 3 aromatic carbocycles. The molecule has 2 aliphatic rings. The molecule has 2 fully saturated rings. The molecular formula is C32H38N4O8S2. The minimum absolute atomic E-state index is 0.0889. The zero-order chi connectivity index (χ0) is 33.2. The molecule has 4 atom stereocenters. The number of anilines is 2. The van der Waals surface area contributed by atoms with Crippen LogP contribution in [0.4, 0.5) is 11.4 Å². The molecule has 0 radical (unpaired) electrons. The van der Waals surface area contributed by atoms with Gasteiger partial charge in [-0.1, -0.05) is 6.07 Å². The molecule has 0 unspecified atom stereocenters. The first kappa shape index (κ1) is 33.7. The lowest BCUT2D eigenvalue weighted by molar-refractivity contribution is -0.0442. The van der Waals surface area contributed by atoms with Crippen molar-refractivity contribution in [1.82, 2.24) is 8.61 Å². The Labute approximate surface area is 269 Å². The summed E-state index contributed by atoms with van der Waals surface area (Å²) in [6, 6.07) is 18.0. The molecule has 2 N–H and O–H groups in total. The Morgan fingerprint density at radius 3 is 1.24 bits per heavy atom. The van der Waals surface area contributed by atoms with Crippen LogP contribution in [0.25, 0.3) is 0 Å². The molecule has 2 heterocycles. The number of morpholine rings is 2. The van der Waals surface area contributed by atoms with E-state index in [1.54, 1.807) is 24.3 Å². The fourth-order valence-corrected chi connectivity index (χ4v) is 8.77. The van der Waals surface area contributed by atoms with Gasteiger partial charge in [0.25, 0.3) is 11.8 Å². The fraction of sp³-hybridized carbons (Fsp3) is 0.375. The highest BCUT2D eigenvalue weighted by molar-refractivity contribution is 7.89. The van der Waals surface area contributed by atoms with E-state index in [2.05, 4.69) is 10.6 Å². The van der Waals surface area contributed by atoms with Crippen LogP contribution in [0.5, 0.6) is 0 Å². The van der Waals surface area contributed by atoms with E-state index >= 15 is 0 Å². The van der Waals surface area contributed by atoms with Crippen LogP contribution < -0.4 is 10.6 Å². The first-order chi connectivity index (χ1) is 21.7. The summed E-state index contributed by atoms with van der Waals surface area (Å²) in [5, 5.41) is 5.52. The van der Waals surface area contributed by atoms with Crippen molar-refractivity contribution in [1.29, 1.82) is 0 Å². The van der Waals surface area contributed by atoms with Crippen LogP contribution in [-0.2, 0) is 29.5 Å². The minimum atomic E-state index is -3.74. The zero-order valence-electron chi connectivity index (χ0n) is 26.0. The van der Waals surface area contributed by atoms with Crippen LogP contribution >= 0.6 is 0 Å². The monoisotopic (exact) mass is 670 g/mol. The van der Waals surface area contributed by atoms with E-state index in [0.717, 1.165) is 0 Å². The lowest BCUT2D eigenvalue weighted by atomic mass is 10.2. The lowest BCUT2D eigenvalue weighted by Gasteiger charge is -2.34. The molecule has 12 nitrogen and oxygen atoms in total. The minimum Gasteiger partial charge on any atom is -0.373 e. The van der Waals surface area contributed by atoms with Crippen molar-refractivity contribution in [2.45, 2.75) is 61.9 Å². The predicted octanol–water partition coefficient (Wildman–Crippen LogP) is 3.79. The average Bonchev–Trinajstić information content (AvgIpc) is 3.00. The quantitative estimate of drug-likeness (QED) is 0.368. The molecule has 0 aromatic heterocycles. The van der Waals surface area contributed by atoms with Gasteiger partial charge in [0.05, 0.1) is 34.2 Å². The van der Waals surface area contributed by atoms with Crippen LogP contribution in [0.3, 0.4) is 0 Å². The Morgan fingerprint density at radius 2 is 0.913 bits per heavy atom. The number of carbonyl (C=O) groups excluding carboxylic acids is 2. The number of hydrogen-bond donors (Lipinski definition) is 2. The summed E-state index contributed by atoms with van der Waals surface area (Å²) in [6.07, 6.45) is -0.881. The third-order valence-electron chi connectivity index (χ3n) is 7.66. The summed E-state index contributed by atoms with van der Waals surface area (Å²) in [4.78, 5) is 26.1. The molecule has 0 aliphatic carbocycles. The van der Waals surface area contributed by atoms with Gasteiger partial charge in [0, 0.05) is 48.7 Å². The molecule has 0 bridgehead atoms. The molecule has 46 heavy (non-hydrogen) atoms. The molecule has 3 aromatic rings. The van der Waals surface area contributed by atoms with Crippen molar-refractivity contribution in [3.8, 4) is 0 Å². The largest absolute Gasteiger partial charge is 0.373 e. The highest BCUT2D eigenvalue weighted by Crippen LogP contribution is 2.24. The summed E-state index contributed by atoms with van der Waals surface area (Å²) < 4.78 is 66.6. The average molecular weight is 671 g/mol. The van der Waals surface area contributed by atoms with Crippen LogP contribution in [0.15, 0.2) is 82.6 Å². The number of rotatable bonds is 8. The van der Waals surface area contributed by atoms with E-state index < -0.39 is 31.9 Å². The number of hydrogen-bond acceptors (Lipinski definition) is 8. The van der Waals surface area contributed by atoms with Gasteiger partial charge in [-0.2, -0.15) is 8.61 Å². The maximum atomic E-state index is 13.1. The smallest absolute Gasteiger partial charge is 0.255 e. The highest BCUT2D eigenvalue weighted by Gasteiger charge is 2.33. The first-order valence-corrected chi connectivity index (χ1v) is 17.8. The van der Waals surface area contributed by atoms with E-state index in [0.29, 0.717) is 11.4 Å². The summed E-state index contributed by atoms with van der Waals surface area (Å²) in [6.45, 7) is 8.31. The zero-order valence-corrected chi connectivity index (χ0v) is 27.7. The standard InChI is InChI=1S/C32H38N4O8S2/c1-21-17-35(18-22(2)43-21)45(39,40)29-12-8-25(9-13-29)31(37)33-27-6-5-7-28(16-27)34-32(38)26-10-14-30(15-11-26)46(41,42)36-19-23(3)44-24(4)20-36/h5-16,21-24H,17-20H2,1-4H3,(H,33,37)(H,34,38)/t21-,22+,23-,24+. The normalized spacial score (nSPS) is 23.0. The lowest BCUT2D eigenvalue weighted by Crippen LogP contribution is -2.48. The number of ether oxygens (including phenoxy) is 2. The van der Waals surface area contributed by atoms with Gasteiger partial charge in [0.2, 0.25) is 20.0 Å². The second-order valence-corrected chi connectivity index (χ2v) is 15.6. The summed E-state index contributed by atoms with van der Waals surface area (Å²) in [5.41, 5.74) is 1.33. The molecule has 5 rings (SSSR count). The van der Waals surface area contributed by atoms with Crippen LogP contribution in [0.2, 0.25) is 0 Å². The van der Waals surface area contributed by atoms with E-state index in [1.165, 1.54) is 57.1 Å². The number of sulfonamides is 2. The van der Waals surface area contributed by atoms with Crippen molar-refractivity contribution in [2.24, 2.45) is 0 Å². The van der Waals surface area contributed by atoms with Gasteiger partial charge in [-0.25, -0.2) is 16.8 Å². The Hall–Kier alpha value is -3.66. The van der Waals surface area contributed by atoms with Crippen LogP contribution in [0, 0.1) is 0 Å². The van der Waals surface area contributed by atoms with E-state index in [4.69, 9.17) is 9.47 Å². The molecule has 0 saturated carbocycles. The van der Waals surface area contributed by atoms with Gasteiger partial charge in [-0.3, -0.25) is 9.59 Å². The Kier molecular flexibility index (Phi) is 9.96. The first-order valence-electron chi connectivity index (χ1n) is 15.0. The van der Waals surface area contributed by atoms with Crippen molar-refractivity contribution in [3.63, 3.8) is 0 Å². The third kappa shape index (κ3) is 7.65. The highest BCUT2D eigenvalue weighted by atomic mass is 32.2. The second-order valence-electron chi connectivity index (χ2n) is 11.7. The van der Waals surface area contributed by atoms with Crippen molar-refractivity contribution in [3.05, 3.63) is 83.9 Å². The van der Waals surface area contributed by atoms with Crippen LogP contribution in [0.1, 0.15) is 48.4 Å². The van der Waals surface area contributed by atoms with Crippen molar-refractivity contribution >= 4 is 43.2 Å². The number of amides is 2. The second kappa shape index (κ2) is 13.6. The number of nitrogens with zero attached hydrogens (tertiary/aromatic N) is 2. The summed E-state index contributed by atoms with van der Waals surface area (Å²) in [7, 11) is -7.49. The fourth-order valence-electron chi connectivity index (χ4n) is 5.59. The Balaban J connectivity index is 1.21. The van der Waals surface area contributed by atoms with E-state index in [-0.39, 0.29) is 71.5 Å². The molecule has 246 valence electrons. The van der Waals surface area contributed by atoms with Gasteiger partial charge in [-0.05, 0) is 94.4 Å². The molecular weight excluding hydrogens is 633 g/mol. The molecule has 2 amide bonds. The Bertz CT molecular complexity index is 1650. The van der Waals surface area contributed by atoms with Gasteiger partial charge < -0.3 is 20.1 Å². The molecule has 2 saturated heterocycles. The predicted molar refractivity (Wildman–Crippen MR) is 173 cm³/mol. The van der Waals surface area contributed by atoms with Crippen molar-refractivity contribution < 1.29 is 35.9 Å². The van der Waals surface area contributed by atoms with Gasteiger partial charge in [-0.15, -0.1) is 0 Å².